The molecule has 1 aliphatic carbocycles. The van der Waals surface area contributed by atoms with Crippen LogP contribution in [0.4, 0.5) is 0 Å². The first-order chi connectivity index (χ1) is 9.47. The molecule has 3 atom stereocenters. The van der Waals surface area contributed by atoms with Crippen LogP contribution >= 0.6 is 0 Å². The van der Waals surface area contributed by atoms with Crippen molar-refractivity contribution in [3.05, 3.63) is 0 Å². The van der Waals surface area contributed by atoms with Gasteiger partial charge in [-0.2, -0.15) is 0 Å². The lowest BCUT2D eigenvalue weighted by atomic mass is 10.0. The van der Waals surface area contributed by atoms with E-state index in [-0.39, 0.29) is 29.7 Å². The zero-order chi connectivity index (χ0) is 14.7. The number of carbonyl (C=O) groups excluding carboxylic acids is 2. The van der Waals surface area contributed by atoms with Crippen LogP contribution in [0.25, 0.3) is 0 Å². The van der Waals surface area contributed by atoms with Gasteiger partial charge in [-0.15, -0.1) is 0 Å². The average molecular weight is 282 g/mol. The van der Waals surface area contributed by atoms with Crippen LogP contribution in [-0.2, 0) is 14.4 Å². The molecule has 1 heterocycles. The Morgan fingerprint density at radius 1 is 1.40 bits per heavy atom. The highest BCUT2D eigenvalue weighted by Crippen LogP contribution is 2.31. The van der Waals surface area contributed by atoms with E-state index in [2.05, 4.69) is 5.32 Å². The second-order valence-electron chi connectivity index (χ2n) is 5.90. The largest absolute Gasteiger partial charge is 0.481 e. The molecule has 112 valence electrons. The predicted octanol–water partition coefficient (Wildman–Crippen LogP) is 0.614. The van der Waals surface area contributed by atoms with Crippen LogP contribution < -0.4 is 5.32 Å². The molecule has 0 radical (unpaired) electrons. The fourth-order valence-electron chi connectivity index (χ4n) is 3.08. The molecule has 20 heavy (non-hydrogen) atoms. The van der Waals surface area contributed by atoms with Gasteiger partial charge >= 0.3 is 5.97 Å². The third-order valence-corrected chi connectivity index (χ3v) is 4.21. The number of hydrogen-bond acceptors (Lipinski definition) is 3. The van der Waals surface area contributed by atoms with Crippen molar-refractivity contribution in [3.8, 4) is 0 Å². The number of amides is 2. The molecule has 1 aliphatic heterocycles. The Balaban J connectivity index is 1.76. The third-order valence-electron chi connectivity index (χ3n) is 4.21. The fraction of sp³-hybridized carbons (Fsp3) is 0.786. The van der Waals surface area contributed by atoms with Crippen molar-refractivity contribution in [2.45, 2.75) is 45.1 Å². The molecule has 0 spiro atoms. The number of nitrogens with zero attached hydrogens (tertiary/aromatic N) is 1. The van der Waals surface area contributed by atoms with E-state index >= 15 is 0 Å². The van der Waals surface area contributed by atoms with Crippen molar-refractivity contribution in [3.63, 3.8) is 0 Å². The van der Waals surface area contributed by atoms with Crippen LogP contribution in [0.15, 0.2) is 0 Å². The first kappa shape index (κ1) is 14.8. The lowest BCUT2D eigenvalue weighted by molar-refractivity contribution is -0.141. The Kier molecular flexibility index (Phi) is 4.62. The lowest BCUT2D eigenvalue weighted by Gasteiger charge is -2.23. The molecule has 2 N–H and O–H groups in total. The molecule has 2 aliphatic rings. The molecular formula is C14H22N2O4. The first-order valence-corrected chi connectivity index (χ1v) is 7.28. The van der Waals surface area contributed by atoms with Crippen LogP contribution in [-0.4, -0.2) is 46.9 Å². The van der Waals surface area contributed by atoms with Gasteiger partial charge in [0.05, 0.1) is 5.92 Å². The summed E-state index contributed by atoms with van der Waals surface area (Å²) in [6, 6.07) is -0.0894. The zero-order valence-corrected chi connectivity index (χ0v) is 11.8. The number of carboxylic acids is 1. The minimum Gasteiger partial charge on any atom is -0.481 e. The van der Waals surface area contributed by atoms with Crippen molar-refractivity contribution in [1.82, 2.24) is 10.2 Å². The number of carbonyl (C=O) groups is 3. The normalized spacial score (nSPS) is 27.6. The summed E-state index contributed by atoms with van der Waals surface area (Å²) in [5.74, 6) is -1.32. The molecule has 0 aromatic heterocycles. The summed E-state index contributed by atoms with van der Waals surface area (Å²) >= 11 is 0. The Morgan fingerprint density at radius 3 is 2.65 bits per heavy atom. The van der Waals surface area contributed by atoms with Crippen molar-refractivity contribution in [2.75, 3.05) is 13.1 Å². The molecule has 2 fully saturated rings. The number of rotatable bonds is 5. The lowest BCUT2D eigenvalue weighted by Crippen LogP contribution is -2.44. The summed E-state index contributed by atoms with van der Waals surface area (Å²) in [7, 11) is 0. The first-order valence-electron chi connectivity index (χ1n) is 7.28. The van der Waals surface area contributed by atoms with Gasteiger partial charge in [0.25, 0.3) is 0 Å². The van der Waals surface area contributed by atoms with E-state index in [1.807, 2.05) is 6.92 Å². The van der Waals surface area contributed by atoms with Gasteiger partial charge in [-0.3, -0.25) is 14.4 Å². The Hall–Kier alpha value is -1.59. The molecule has 0 aromatic rings. The average Bonchev–Trinajstić information content (AvgIpc) is 2.99. The van der Waals surface area contributed by atoms with Gasteiger partial charge in [-0.25, -0.2) is 0 Å². The fourth-order valence-corrected chi connectivity index (χ4v) is 3.08. The zero-order valence-electron chi connectivity index (χ0n) is 11.8. The smallest absolute Gasteiger partial charge is 0.306 e. The number of likely N-dealkylation sites (tertiary alicyclic amines) is 1. The highest BCUT2D eigenvalue weighted by atomic mass is 16.4. The maximum Gasteiger partial charge on any atom is 0.306 e. The van der Waals surface area contributed by atoms with Crippen LogP contribution in [0.1, 0.15) is 39.0 Å². The summed E-state index contributed by atoms with van der Waals surface area (Å²) in [5.41, 5.74) is 0. The molecule has 0 aromatic carbocycles. The van der Waals surface area contributed by atoms with Crippen molar-refractivity contribution < 1.29 is 19.5 Å². The standard InChI is InChI=1S/C14H22N2O4/c1-9(8-16-6-2-3-12(16)17)15-13(18)10-4-5-11(7-10)14(19)20/h9-11H,2-8H2,1H3,(H,15,18)(H,19,20)/t9?,10-,11+/m1/s1. The van der Waals surface area contributed by atoms with Crippen molar-refractivity contribution in [1.29, 1.82) is 0 Å². The quantitative estimate of drug-likeness (QED) is 0.773. The van der Waals surface area contributed by atoms with E-state index in [9.17, 15) is 14.4 Å². The Labute approximate surface area is 118 Å². The van der Waals surface area contributed by atoms with Gasteiger partial charge in [-0.1, -0.05) is 0 Å². The maximum atomic E-state index is 12.1. The molecule has 1 saturated carbocycles. The Bertz CT molecular complexity index is 410. The van der Waals surface area contributed by atoms with Gasteiger partial charge < -0.3 is 15.3 Å². The summed E-state index contributed by atoms with van der Waals surface area (Å²) in [4.78, 5) is 36.2. The second-order valence-corrected chi connectivity index (χ2v) is 5.90. The molecule has 0 bridgehead atoms. The van der Waals surface area contributed by atoms with Gasteiger partial charge in [0.1, 0.15) is 0 Å². The summed E-state index contributed by atoms with van der Waals surface area (Å²) < 4.78 is 0. The Morgan fingerprint density at radius 2 is 2.10 bits per heavy atom. The predicted molar refractivity (Wildman–Crippen MR) is 71.9 cm³/mol. The molecule has 2 amide bonds. The number of nitrogens with one attached hydrogen (secondary N) is 1. The van der Waals surface area contributed by atoms with Crippen LogP contribution in [0, 0.1) is 11.8 Å². The van der Waals surface area contributed by atoms with E-state index in [1.165, 1.54) is 0 Å². The molecule has 6 heteroatoms. The SMILES string of the molecule is CC(CN1CCCC1=O)NC(=O)[C@@H]1CC[C@H](C(=O)O)C1. The van der Waals surface area contributed by atoms with E-state index in [1.54, 1.807) is 4.90 Å². The van der Waals surface area contributed by atoms with E-state index in [4.69, 9.17) is 5.11 Å². The van der Waals surface area contributed by atoms with Gasteiger partial charge in [0.15, 0.2) is 0 Å². The van der Waals surface area contributed by atoms with Crippen LogP contribution in [0.5, 0.6) is 0 Å². The molecule has 6 nitrogen and oxygen atoms in total. The number of aliphatic carboxylic acids is 1. The van der Waals surface area contributed by atoms with E-state index in [0.29, 0.717) is 32.2 Å². The minimum absolute atomic E-state index is 0.0760. The molecule has 1 unspecified atom stereocenters. The number of hydrogen-bond donors (Lipinski definition) is 2. The van der Waals surface area contributed by atoms with Crippen molar-refractivity contribution in [2.24, 2.45) is 11.8 Å². The monoisotopic (exact) mass is 282 g/mol. The molecule has 1 saturated heterocycles. The highest BCUT2D eigenvalue weighted by Gasteiger charge is 2.34. The van der Waals surface area contributed by atoms with E-state index in [0.717, 1.165) is 13.0 Å². The van der Waals surface area contributed by atoms with E-state index < -0.39 is 5.97 Å². The van der Waals surface area contributed by atoms with Crippen LogP contribution in [0.2, 0.25) is 0 Å². The summed E-state index contributed by atoms with van der Waals surface area (Å²) in [6.45, 7) is 3.19. The molecular weight excluding hydrogens is 260 g/mol. The maximum absolute atomic E-state index is 12.1. The summed E-state index contributed by atoms with van der Waals surface area (Å²) in [5, 5.41) is 11.8. The van der Waals surface area contributed by atoms with Gasteiger partial charge in [0.2, 0.25) is 11.8 Å². The second kappa shape index (κ2) is 6.24. The minimum atomic E-state index is -0.809. The van der Waals surface area contributed by atoms with Crippen LogP contribution in [0.3, 0.4) is 0 Å². The topological polar surface area (TPSA) is 86.7 Å². The summed E-state index contributed by atoms with van der Waals surface area (Å²) in [6.07, 6.45) is 3.13. The third kappa shape index (κ3) is 3.49. The molecule has 2 rings (SSSR count). The number of carboxylic acid groups (broad SMARTS) is 1. The van der Waals surface area contributed by atoms with Crippen molar-refractivity contribution >= 4 is 17.8 Å². The van der Waals surface area contributed by atoms with Gasteiger partial charge in [0, 0.05) is 31.5 Å². The van der Waals surface area contributed by atoms with Gasteiger partial charge in [-0.05, 0) is 32.6 Å². The highest BCUT2D eigenvalue weighted by molar-refractivity contribution is 5.81.